The molecule has 2 N–H and O–H groups in total. The number of nitrogens with two attached hydrogens (primary N) is 1. The van der Waals surface area contributed by atoms with Crippen LogP contribution >= 0.6 is 0 Å². The normalized spacial score (nSPS) is 24.7. The van der Waals surface area contributed by atoms with Crippen LogP contribution < -0.4 is 5.73 Å². The maximum absolute atomic E-state index is 13.0. The summed E-state index contributed by atoms with van der Waals surface area (Å²) in [5.41, 5.74) is 7.92. The van der Waals surface area contributed by atoms with E-state index >= 15 is 0 Å². The third-order valence-corrected chi connectivity index (χ3v) is 4.98. The standard InChI is InChI=1S/C19H25N3O2/c1-14-6-5-11-21(12-14)19(24)17-10-9-16(18(20)23)22(17)13-15-7-3-2-4-8-15/h2-4,6-8,16-17H,5,9-13H2,1H3,(H2,20,23)/t16-,17+/m0/s1. The quantitative estimate of drug-likeness (QED) is 0.856. The SMILES string of the molecule is CC1=CCCN(C(=O)[C@H]2CC[C@@H](C(N)=O)N2Cc2ccccc2)C1. The fraction of sp³-hybridized carbons (Fsp3) is 0.474. The molecule has 2 amide bonds. The van der Waals surface area contributed by atoms with Gasteiger partial charge in [-0.3, -0.25) is 14.5 Å². The van der Waals surface area contributed by atoms with Gasteiger partial charge in [0.25, 0.3) is 0 Å². The molecule has 0 bridgehead atoms. The molecule has 5 nitrogen and oxygen atoms in total. The van der Waals surface area contributed by atoms with Crippen LogP contribution in [0.15, 0.2) is 42.0 Å². The zero-order chi connectivity index (χ0) is 17.1. The highest BCUT2D eigenvalue weighted by Crippen LogP contribution is 2.28. The minimum Gasteiger partial charge on any atom is -0.368 e. The summed E-state index contributed by atoms with van der Waals surface area (Å²) in [5, 5.41) is 0. The lowest BCUT2D eigenvalue weighted by Gasteiger charge is -2.33. The Morgan fingerprint density at radius 1 is 1.17 bits per heavy atom. The van der Waals surface area contributed by atoms with Crippen LogP contribution in [0.4, 0.5) is 0 Å². The first-order valence-electron chi connectivity index (χ1n) is 8.59. The summed E-state index contributed by atoms with van der Waals surface area (Å²) in [5.74, 6) is -0.210. The summed E-state index contributed by atoms with van der Waals surface area (Å²) in [6.07, 6.45) is 4.44. The second-order valence-corrected chi connectivity index (χ2v) is 6.77. The summed E-state index contributed by atoms with van der Waals surface area (Å²) in [6.45, 7) is 4.08. The van der Waals surface area contributed by atoms with Crippen molar-refractivity contribution >= 4 is 11.8 Å². The molecule has 24 heavy (non-hydrogen) atoms. The first kappa shape index (κ1) is 16.7. The molecule has 0 unspecified atom stereocenters. The molecule has 2 aliphatic rings. The van der Waals surface area contributed by atoms with E-state index in [2.05, 4.69) is 13.0 Å². The number of hydrogen-bond acceptors (Lipinski definition) is 3. The molecule has 2 aliphatic heterocycles. The molecule has 128 valence electrons. The van der Waals surface area contributed by atoms with Crippen molar-refractivity contribution in [2.24, 2.45) is 5.73 Å². The molecule has 0 aliphatic carbocycles. The van der Waals surface area contributed by atoms with Gasteiger partial charge in [-0.15, -0.1) is 0 Å². The van der Waals surface area contributed by atoms with Crippen LogP contribution in [0.5, 0.6) is 0 Å². The zero-order valence-electron chi connectivity index (χ0n) is 14.1. The monoisotopic (exact) mass is 327 g/mol. The molecule has 0 spiro atoms. The molecule has 2 heterocycles. The second-order valence-electron chi connectivity index (χ2n) is 6.77. The molecule has 1 fully saturated rings. The van der Waals surface area contributed by atoms with Crippen LogP contribution in [0.25, 0.3) is 0 Å². The minimum atomic E-state index is -0.361. The van der Waals surface area contributed by atoms with Gasteiger partial charge in [-0.1, -0.05) is 42.0 Å². The molecule has 2 atom stereocenters. The van der Waals surface area contributed by atoms with Crippen molar-refractivity contribution in [3.8, 4) is 0 Å². The van der Waals surface area contributed by atoms with Crippen molar-refractivity contribution in [2.45, 2.75) is 44.8 Å². The Balaban J connectivity index is 1.78. The Morgan fingerprint density at radius 3 is 2.54 bits per heavy atom. The van der Waals surface area contributed by atoms with E-state index < -0.39 is 0 Å². The molecular formula is C19H25N3O2. The molecule has 0 saturated carbocycles. The number of rotatable bonds is 4. The zero-order valence-corrected chi connectivity index (χ0v) is 14.1. The largest absolute Gasteiger partial charge is 0.368 e. The average Bonchev–Trinajstić information content (AvgIpc) is 2.99. The number of likely N-dealkylation sites (tertiary alicyclic amines) is 1. The van der Waals surface area contributed by atoms with Gasteiger partial charge >= 0.3 is 0 Å². The van der Waals surface area contributed by atoms with Crippen LogP contribution in [0, 0.1) is 0 Å². The van der Waals surface area contributed by atoms with Crippen LogP contribution in [-0.2, 0) is 16.1 Å². The van der Waals surface area contributed by atoms with E-state index in [-0.39, 0.29) is 23.9 Å². The first-order chi connectivity index (χ1) is 11.6. The summed E-state index contributed by atoms with van der Waals surface area (Å²) in [6, 6.07) is 9.33. The van der Waals surface area contributed by atoms with Crippen LogP contribution in [0.1, 0.15) is 31.7 Å². The highest BCUT2D eigenvalue weighted by Gasteiger charge is 2.42. The summed E-state index contributed by atoms with van der Waals surface area (Å²) in [4.78, 5) is 28.8. The van der Waals surface area contributed by atoms with Gasteiger partial charge in [-0.05, 0) is 31.7 Å². The molecule has 0 aromatic heterocycles. The Labute approximate surface area is 143 Å². The fourth-order valence-corrected chi connectivity index (χ4v) is 3.76. The highest BCUT2D eigenvalue weighted by molar-refractivity contribution is 5.86. The van der Waals surface area contributed by atoms with Gasteiger partial charge < -0.3 is 10.6 Å². The van der Waals surface area contributed by atoms with E-state index in [9.17, 15) is 9.59 Å². The Hall–Kier alpha value is -2.14. The third-order valence-electron chi connectivity index (χ3n) is 4.98. The molecule has 0 radical (unpaired) electrons. The van der Waals surface area contributed by atoms with E-state index in [0.717, 1.165) is 18.5 Å². The Bertz CT molecular complexity index is 641. The number of primary amides is 1. The molecule has 1 aromatic rings. The molecular weight excluding hydrogens is 302 g/mol. The van der Waals surface area contributed by atoms with Gasteiger partial charge in [-0.25, -0.2) is 0 Å². The summed E-state index contributed by atoms with van der Waals surface area (Å²) in [7, 11) is 0. The van der Waals surface area contributed by atoms with E-state index in [1.807, 2.05) is 40.1 Å². The van der Waals surface area contributed by atoms with Crippen LogP contribution in [-0.4, -0.2) is 46.8 Å². The second kappa shape index (κ2) is 7.18. The van der Waals surface area contributed by atoms with Crippen LogP contribution in [0.3, 0.4) is 0 Å². The predicted molar refractivity (Wildman–Crippen MR) is 92.9 cm³/mol. The van der Waals surface area contributed by atoms with Crippen molar-refractivity contribution in [3.05, 3.63) is 47.5 Å². The van der Waals surface area contributed by atoms with E-state index in [1.54, 1.807) is 0 Å². The molecule has 5 heteroatoms. The number of hydrogen-bond donors (Lipinski definition) is 1. The third kappa shape index (κ3) is 3.51. The topological polar surface area (TPSA) is 66.6 Å². The maximum atomic E-state index is 13.0. The minimum absolute atomic E-state index is 0.127. The van der Waals surface area contributed by atoms with Gasteiger partial charge in [0.15, 0.2) is 0 Å². The average molecular weight is 327 g/mol. The highest BCUT2D eigenvalue weighted by atomic mass is 16.2. The van der Waals surface area contributed by atoms with Crippen molar-refractivity contribution in [1.82, 2.24) is 9.80 Å². The van der Waals surface area contributed by atoms with E-state index in [0.29, 0.717) is 25.9 Å². The Kier molecular flexibility index (Phi) is 5.00. The van der Waals surface area contributed by atoms with Crippen molar-refractivity contribution in [1.29, 1.82) is 0 Å². The summed E-state index contributed by atoms with van der Waals surface area (Å²) >= 11 is 0. The van der Waals surface area contributed by atoms with Crippen molar-refractivity contribution < 1.29 is 9.59 Å². The van der Waals surface area contributed by atoms with Gasteiger partial charge in [0.1, 0.15) is 0 Å². The molecule has 1 saturated heterocycles. The number of benzene rings is 1. The molecule has 1 aromatic carbocycles. The van der Waals surface area contributed by atoms with E-state index in [1.165, 1.54) is 5.57 Å². The number of carbonyl (C=O) groups excluding carboxylic acids is 2. The van der Waals surface area contributed by atoms with Gasteiger partial charge in [0, 0.05) is 19.6 Å². The lowest BCUT2D eigenvalue weighted by Crippen LogP contribution is -2.51. The Morgan fingerprint density at radius 2 is 1.88 bits per heavy atom. The van der Waals surface area contributed by atoms with Crippen molar-refractivity contribution in [3.63, 3.8) is 0 Å². The first-order valence-corrected chi connectivity index (χ1v) is 8.59. The molecule has 3 rings (SSSR count). The van der Waals surface area contributed by atoms with Gasteiger partial charge in [0.05, 0.1) is 12.1 Å². The maximum Gasteiger partial charge on any atom is 0.240 e. The van der Waals surface area contributed by atoms with Crippen molar-refractivity contribution in [2.75, 3.05) is 13.1 Å². The number of nitrogens with zero attached hydrogens (tertiary/aromatic N) is 2. The lowest BCUT2D eigenvalue weighted by atomic mass is 10.1. The lowest BCUT2D eigenvalue weighted by molar-refractivity contribution is -0.137. The summed E-state index contributed by atoms with van der Waals surface area (Å²) < 4.78 is 0. The van der Waals surface area contributed by atoms with Gasteiger partial charge in [-0.2, -0.15) is 0 Å². The van der Waals surface area contributed by atoms with Crippen LogP contribution in [0.2, 0.25) is 0 Å². The smallest absolute Gasteiger partial charge is 0.240 e. The van der Waals surface area contributed by atoms with Gasteiger partial charge in [0.2, 0.25) is 11.8 Å². The fourth-order valence-electron chi connectivity index (χ4n) is 3.76. The predicted octanol–water partition coefficient (Wildman–Crippen LogP) is 1.68. The number of amides is 2. The van der Waals surface area contributed by atoms with E-state index in [4.69, 9.17) is 5.73 Å². The number of carbonyl (C=O) groups is 2.